The zero-order valence-corrected chi connectivity index (χ0v) is 24.3. The van der Waals surface area contributed by atoms with Crippen molar-refractivity contribution < 1.29 is 26.1 Å². The van der Waals surface area contributed by atoms with Gasteiger partial charge in [0.15, 0.2) is 5.03 Å². The fraction of sp³-hybridized carbons (Fsp3) is 0.500. The molecule has 9 nitrogen and oxygen atoms in total. The summed E-state index contributed by atoms with van der Waals surface area (Å²) < 4.78 is 71.0. The van der Waals surface area contributed by atoms with Gasteiger partial charge in [0.1, 0.15) is 0 Å². The monoisotopic (exact) mass is 559 g/mol. The molecule has 0 unspecified atom stereocenters. The molecule has 0 aliphatic carbocycles. The van der Waals surface area contributed by atoms with Crippen molar-refractivity contribution in [3.63, 3.8) is 0 Å². The van der Waals surface area contributed by atoms with Crippen LogP contribution in [0.15, 0.2) is 46.5 Å². The highest BCUT2D eigenvalue weighted by atomic mass is 32.2. The van der Waals surface area contributed by atoms with E-state index >= 15 is 0 Å². The van der Waals surface area contributed by atoms with Crippen LogP contribution < -0.4 is 5.46 Å². The second-order valence-corrected chi connectivity index (χ2v) is 14.8. The summed E-state index contributed by atoms with van der Waals surface area (Å²) in [4.78, 5) is 4.48. The molecule has 0 atom stereocenters. The minimum atomic E-state index is -4.30. The van der Waals surface area contributed by atoms with Gasteiger partial charge in [-0.15, -0.1) is 0 Å². The Bertz CT molecular complexity index is 1590. The third kappa shape index (κ3) is 4.30. The van der Waals surface area contributed by atoms with Crippen LogP contribution in [-0.4, -0.2) is 61.5 Å². The van der Waals surface area contributed by atoms with Gasteiger partial charge < -0.3 is 9.31 Å². The minimum absolute atomic E-state index is 0.00606. The second kappa shape index (κ2) is 9.16. The molecule has 2 saturated heterocycles. The molecule has 0 amide bonds. The van der Waals surface area contributed by atoms with Crippen molar-refractivity contribution in [1.29, 1.82) is 0 Å². The predicted molar refractivity (Wildman–Crippen MR) is 147 cm³/mol. The summed E-state index contributed by atoms with van der Waals surface area (Å²) in [6.07, 6.45) is 3.81. The summed E-state index contributed by atoms with van der Waals surface area (Å²) in [5.74, 6) is 0. The van der Waals surface area contributed by atoms with Gasteiger partial charge in [0.25, 0.3) is 20.0 Å². The van der Waals surface area contributed by atoms with E-state index < -0.39 is 38.4 Å². The summed E-state index contributed by atoms with van der Waals surface area (Å²) in [6.45, 7) is 12.0. The fourth-order valence-corrected chi connectivity index (χ4v) is 8.52. The van der Waals surface area contributed by atoms with E-state index in [1.165, 1.54) is 28.7 Å². The maximum Gasteiger partial charge on any atom is 0.497 e. The minimum Gasteiger partial charge on any atom is -0.399 e. The molecule has 12 heteroatoms. The average Bonchev–Trinajstić information content (AvgIpc) is 3.34. The Hall–Kier alpha value is -2.25. The zero-order valence-electron chi connectivity index (χ0n) is 22.7. The quantitative estimate of drug-likeness (QED) is 0.441. The molecule has 1 aromatic carbocycles. The second-order valence-electron chi connectivity index (χ2n) is 11.2. The number of fused-ring (bicyclic) bond motifs is 1. The lowest BCUT2D eigenvalue weighted by molar-refractivity contribution is 0.00578. The van der Waals surface area contributed by atoms with Crippen molar-refractivity contribution in [2.24, 2.45) is 0 Å². The Morgan fingerprint density at radius 2 is 1.45 bits per heavy atom. The molecule has 0 bridgehead atoms. The first kappa shape index (κ1) is 27.3. The molecule has 0 spiro atoms. The van der Waals surface area contributed by atoms with E-state index in [1.54, 1.807) is 19.1 Å². The Kier molecular flexibility index (Phi) is 6.59. The van der Waals surface area contributed by atoms with E-state index in [-0.39, 0.29) is 15.4 Å². The third-order valence-corrected chi connectivity index (χ3v) is 11.7. The van der Waals surface area contributed by atoms with Crippen LogP contribution in [0, 0.1) is 13.8 Å². The van der Waals surface area contributed by atoms with Crippen LogP contribution in [0.2, 0.25) is 0 Å². The number of pyridine rings is 1. The molecular weight excluding hydrogens is 525 g/mol. The molecular formula is C26H34BN3O6S2. The van der Waals surface area contributed by atoms with Crippen LogP contribution in [0.3, 0.4) is 0 Å². The largest absolute Gasteiger partial charge is 0.497 e. The van der Waals surface area contributed by atoms with Crippen LogP contribution in [0.4, 0.5) is 0 Å². The Morgan fingerprint density at radius 1 is 0.868 bits per heavy atom. The van der Waals surface area contributed by atoms with Gasteiger partial charge in [0.2, 0.25) is 0 Å². The van der Waals surface area contributed by atoms with Crippen molar-refractivity contribution in [3.8, 4) is 0 Å². The van der Waals surface area contributed by atoms with Crippen LogP contribution >= 0.6 is 0 Å². The molecule has 0 N–H and O–H groups in total. The van der Waals surface area contributed by atoms with Gasteiger partial charge in [0.05, 0.1) is 27.8 Å². The normalized spacial score (nSPS) is 20.3. The predicted octanol–water partition coefficient (Wildman–Crippen LogP) is 3.36. The number of aromatic nitrogens is 2. The number of nitrogens with zero attached hydrogens (tertiary/aromatic N) is 3. The number of sulfonamides is 1. The van der Waals surface area contributed by atoms with Crippen molar-refractivity contribution in [2.75, 3.05) is 13.1 Å². The van der Waals surface area contributed by atoms with Crippen LogP contribution in [0.1, 0.15) is 58.2 Å². The third-order valence-electron chi connectivity index (χ3n) is 7.99. The lowest BCUT2D eigenvalue weighted by atomic mass is 9.76. The molecule has 3 aromatic rings. The maximum atomic E-state index is 14.1. The lowest BCUT2D eigenvalue weighted by Crippen LogP contribution is -2.41. The SMILES string of the molecule is Cc1ccc(S(=O)(=O)n2c(S(=O)(=O)N3CCCCC3)cc3c(B4OC(C)(C)C(C)(C)O4)c(C)ncc32)cc1. The van der Waals surface area contributed by atoms with Gasteiger partial charge in [-0.1, -0.05) is 24.1 Å². The van der Waals surface area contributed by atoms with E-state index in [1.807, 2.05) is 34.6 Å². The summed E-state index contributed by atoms with van der Waals surface area (Å²) in [5.41, 5.74) is 0.855. The lowest BCUT2D eigenvalue weighted by Gasteiger charge is -2.32. The van der Waals surface area contributed by atoms with Crippen molar-refractivity contribution in [1.82, 2.24) is 13.3 Å². The molecule has 204 valence electrons. The topological polar surface area (TPSA) is 108 Å². The van der Waals surface area contributed by atoms with Crippen molar-refractivity contribution >= 4 is 43.5 Å². The van der Waals surface area contributed by atoms with E-state index in [0.717, 1.165) is 28.8 Å². The molecule has 5 rings (SSSR count). The molecule has 2 aliphatic heterocycles. The van der Waals surface area contributed by atoms with Gasteiger partial charge in [0, 0.05) is 29.6 Å². The van der Waals surface area contributed by atoms with Crippen LogP contribution in [-0.2, 0) is 29.4 Å². The van der Waals surface area contributed by atoms with E-state index in [2.05, 4.69) is 4.98 Å². The van der Waals surface area contributed by atoms with Crippen LogP contribution in [0.25, 0.3) is 10.9 Å². The summed E-state index contributed by atoms with van der Waals surface area (Å²) >= 11 is 0. The molecule has 0 radical (unpaired) electrons. The Balaban J connectivity index is 1.80. The van der Waals surface area contributed by atoms with Crippen molar-refractivity contribution in [3.05, 3.63) is 47.8 Å². The van der Waals surface area contributed by atoms with E-state index in [9.17, 15) is 16.8 Å². The maximum absolute atomic E-state index is 14.1. The Morgan fingerprint density at radius 3 is 2.03 bits per heavy atom. The van der Waals surface area contributed by atoms with Gasteiger partial charge >= 0.3 is 7.12 Å². The van der Waals surface area contributed by atoms with Crippen molar-refractivity contribution in [2.45, 2.75) is 81.9 Å². The first-order chi connectivity index (χ1) is 17.7. The average molecular weight is 560 g/mol. The highest BCUT2D eigenvalue weighted by Crippen LogP contribution is 2.38. The molecule has 2 aliphatic rings. The summed E-state index contributed by atoms with van der Waals surface area (Å²) in [6, 6.07) is 7.81. The smallest absolute Gasteiger partial charge is 0.399 e. The van der Waals surface area contributed by atoms with E-state index in [4.69, 9.17) is 9.31 Å². The summed E-state index contributed by atoms with van der Waals surface area (Å²) in [5, 5.41) is 0.113. The standard InChI is InChI=1S/C26H34BN3O6S2/c1-18-10-12-20(13-11-18)37(31,32)30-22-17-28-19(2)24(27-35-25(3,4)26(5,6)36-27)21(22)16-23(30)38(33,34)29-14-8-7-9-15-29/h10-13,16-17H,7-9,14-15H2,1-6H3. The highest BCUT2D eigenvalue weighted by molar-refractivity contribution is 7.92. The number of piperidine rings is 1. The molecule has 2 fully saturated rings. The number of rotatable bonds is 5. The van der Waals surface area contributed by atoms with Crippen LogP contribution in [0.5, 0.6) is 0 Å². The number of hydrogen-bond acceptors (Lipinski definition) is 7. The number of aryl methyl sites for hydroxylation is 2. The molecule has 38 heavy (non-hydrogen) atoms. The molecule has 4 heterocycles. The summed E-state index contributed by atoms with van der Waals surface area (Å²) in [7, 11) is -9.29. The van der Waals surface area contributed by atoms with Gasteiger partial charge in [-0.3, -0.25) is 4.98 Å². The fourth-order valence-electron chi connectivity index (χ4n) is 4.98. The molecule has 0 saturated carbocycles. The zero-order chi connectivity index (χ0) is 27.7. The number of benzene rings is 1. The first-order valence-corrected chi connectivity index (χ1v) is 15.7. The van der Waals surface area contributed by atoms with Gasteiger partial charge in [-0.05, 0) is 72.6 Å². The number of hydrogen-bond donors (Lipinski definition) is 0. The van der Waals surface area contributed by atoms with Gasteiger partial charge in [-0.25, -0.2) is 20.8 Å². The van der Waals surface area contributed by atoms with E-state index in [0.29, 0.717) is 29.6 Å². The Labute approximate surface area is 225 Å². The first-order valence-electron chi connectivity index (χ1n) is 12.9. The van der Waals surface area contributed by atoms with Gasteiger partial charge in [-0.2, -0.15) is 4.31 Å². The molecule has 2 aromatic heterocycles. The highest BCUT2D eigenvalue weighted by Gasteiger charge is 2.53.